The topological polar surface area (TPSA) is 0 Å². The molecule has 0 amide bonds. The highest BCUT2D eigenvalue weighted by Crippen LogP contribution is 2.54. The summed E-state index contributed by atoms with van der Waals surface area (Å²) in [5.41, 5.74) is 0. The summed E-state index contributed by atoms with van der Waals surface area (Å²) in [4.78, 5) is 0. The Balaban J connectivity index is 0.000000200. The van der Waals surface area contributed by atoms with Crippen LogP contribution in [0.4, 0.5) is 52.7 Å². The maximum absolute atomic E-state index is 11.6. The fourth-order valence-corrected chi connectivity index (χ4v) is 1.35. The Bertz CT molecular complexity index is 280. The minimum absolute atomic E-state index is 3.67. The van der Waals surface area contributed by atoms with Gasteiger partial charge in [-0.05, 0) is 0 Å². The molecule has 2 rings (SSSR count). The monoisotopic (exact) mass is 328 g/mol. The lowest BCUT2D eigenvalue weighted by atomic mass is 9.85. The number of hydrogen-bond donors (Lipinski definition) is 0. The standard InChI is InChI=1S/2C4H2F6/c2*5-1-3(7,8)2(6)4(1,9)10/h2*1-2H. The third kappa shape index (κ3) is 2.01. The molecule has 0 unspecified atom stereocenters. The van der Waals surface area contributed by atoms with Crippen molar-refractivity contribution in [1.82, 2.24) is 0 Å². The summed E-state index contributed by atoms with van der Waals surface area (Å²) >= 11 is 0. The molecule has 2 aliphatic carbocycles. The van der Waals surface area contributed by atoms with Gasteiger partial charge in [-0.3, -0.25) is 0 Å². The van der Waals surface area contributed by atoms with Gasteiger partial charge in [0.25, 0.3) is 0 Å². The van der Waals surface area contributed by atoms with E-state index in [-0.39, 0.29) is 0 Å². The third-order valence-electron chi connectivity index (χ3n) is 2.70. The zero-order valence-electron chi connectivity index (χ0n) is 8.84. The second-order valence-corrected chi connectivity index (χ2v) is 4.15. The Labute approximate surface area is 102 Å². The van der Waals surface area contributed by atoms with Gasteiger partial charge in [-0.25, -0.2) is 17.6 Å². The fraction of sp³-hybridized carbons (Fsp3) is 1.00. The van der Waals surface area contributed by atoms with E-state index >= 15 is 0 Å². The van der Waals surface area contributed by atoms with E-state index < -0.39 is 48.4 Å². The van der Waals surface area contributed by atoms with Gasteiger partial charge >= 0.3 is 23.7 Å². The van der Waals surface area contributed by atoms with Crippen LogP contribution in [0, 0.1) is 0 Å². The summed E-state index contributed by atoms with van der Waals surface area (Å²) in [6.07, 6.45) is -14.7. The SMILES string of the molecule is FC1C(F)(F)C(F)C1(F)F.FC1C(F)(F)C(F)C1(F)F. The molecular weight excluding hydrogens is 324 g/mol. The molecule has 0 radical (unpaired) electrons. The minimum atomic E-state index is -4.51. The molecule has 0 atom stereocenters. The molecular formula is C8H4F12. The van der Waals surface area contributed by atoms with Gasteiger partial charge in [-0.1, -0.05) is 0 Å². The number of hydrogen-bond acceptors (Lipinski definition) is 0. The molecule has 0 bridgehead atoms. The van der Waals surface area contributed by atoms with E-state index in [9.17, 15) is 52.7 Å². The van der Waals surface area contributed by atoms with Crippen molar-refractivity contribution in [3.63, 3.8) is 0 Å². The first-order valence-electron chi connectivity index (χ1n) is 4.69. The van der Waals surface area contributed by atoms with Crippen LogP contribution >= 0.6 is 0 Å². The molecule has 0 heterocycles. The summed E-state index contributed by atoms with van der Waals surface area (Å²) in [5.74, 6) is -18.0. The number of alkyl halides is 12. The molecule has 0 nitrogen and oxygen atoms in total. The van der Waals surface area contributed by atoms with E-state index in [0.717, 1.165) is 0 Å². The highest BCUT2D eigenvalue weighted by atomic mass is 19.3. The van der Waals surface area contributed by atoms with E-state index in [0.29, 0.717) is 0 Å². The van der Waals surface area contributed by atoms with Crippen molar-refractivity contribution in [1.29, 1.82) is 0 Å². The second kappa shape index (κ2) is 4.33. The molecule has 0 aromatic rings. The van der Waals surface area contributed by atoms with E-state index in [4.69, 9.17) is 0 Å². The van der Waals surface area contributed by atoms with Crippen LogP contribution in [0.2, 0.25) is 0 Å². The van der Waals surface area contributed by atoms with Crippen LogP contribution in [-0.4, -0.2) is 48.4 Å². The van der Waals surface area contributed by atoms with Gasteiger partial charge in [0, 0.05) is 0 Å². The minimum Gasteiger partial charge on any atom is -0.234 e. The smallest absolute Gasteiger partial charge is 0.234 e. The zero-order valence-corrected chi connectivity index (χ0v) is 8.84. The Morgan fingerprint density at radius 1 is 0.350 bits per heavy atom. The van der Waals surface area contributed by atoms with Crippen molar-refractivity contribution in [2.45, 2.75) is 48.4 Å². The highest BCUT2D eigenvalue weighted by Gasteiger charge is 2.80. The van der Waals surface area contributed by atoms with E-state index in [1.165, 1.54) is 0 Å². The normalized spacial score (nSPS) is 42.6. The van der Waals surface area contributed by atoms with Gasteiger partial charge in [0.15, 0.2) is 0 Å². The Kier molecular flexibility index (Phi) is 3.72. The van der Waals surface area contributed by atoms with Crippen molar-refractivity contribution in [3.8, 4) is 0 Å². The number of rotatable bonds is 0. The van der Waals surface area contributed by atoms with E-state index in [2.05, 4.69) is 0 Å². The predicted molar refractivity (Wildman–Crippen MR) is 39.4 cm³/mol. The fourth-order valence-electron chi connectivity index (χ4n) is 1.35. The first-order chi connectivity index (χ1) is 8.62. The van der Waals surface area contributed by atoms with Crippen LogP contribution < -0.4 is 0 Å². The molecule has 0 saturated heterocycles. The van der Waals surface area contributed by atoms with Crippen LogP contribution in [0.25, 0.3) is 0 Å². The lowest BCUT2D eigenvalue weighted by Crippen LogP contribution is -2.69. The molecule has 0 aromatic heterocycles. The highest BCUT2D eigenvalue weighted by molar-refractivity contribution is 5.12. The van der Waals surface area contributed by atoms with Crippen LogP contribution in [0.1, 0.15) is 0 Å². The molecule has 12 heteroatoms. The lowest BCUT2D eigenvalue weighted by Gasteiger charge is -2.41. The first kappa shape index (κ1) is 17.2. The number of halogens is 12. The molecule has 120 valence electrons. The van der Waals surface area contributed by atoms with Gasteiger partial charge in [0.2, 0.25) is 24.7 Å². The van der Waals surface area contributed by atoms with Gasteiger partial charge in [-0.15, -0.1) is 0 Å². The maximum atomic E-state index is 11.6. The van der Waals surface area contributed by atoms with Crippen LogP contribution in [-0.2, 0) is 0 Å². The Morgan fingerprint density at radius 3 is 0.500 bits per heavy atom. The molecule has 0 spiro atoms. The summed E-state index contributed by atoms with van der Waals surface area (Å²) in [6.45, 7) is 0. The van der Waals surface area contributed by atoms with Crippen molar-refractivity contribution >= 4 is 0 Å². The van der Waals surface area contributed by atoms with Gasteiger partial charge in [0.05, 0.1) is 0 Å². The van der Waals surface area contributed by atoms with Crippen LogP contribution in [0.3, 0.4) is 0 Å². The van der Waals surface area contributed by atoms with Crippen molar-refractivity contribution < 1.29 is 52.7 Å². The summed E-state index contributed by atoms with van der Waals surface area (Å²) in [6, 6.07) is 0. The van der Waals surface area contributed by atoms with Crippen LogP contribution in [0.5, 0.6) is 0 Å². The largest absolute Gasteiger partial charge is 0.321 e. The molecule has 2 aliphatic rings. The molecule has 2 saturated carbocycles. The lowest BCUT2D eigenvalue weighted by molar-refractivity contribution is -0.336. The predicted octanol–water partition coefficient (Wildman–Crippen LogP) is 3.89. The average molecular weight is 328 g/mol. The quantitative estimate of drug-likeness (QED) is 0.592. The van der Waals surface area contributed by atoms with Crippen molar-refractivity contribution in [2.75, 3.05) is 0 Å². The first-order valence-corrected chi connectivity index (χ1v) is 4.69. The molecule has 20 heavy (non-hydrogen) atoms. The van der Waals surface area contributed by atoms with Gasteiger partial charge in [0.1, 0.15) is 0 Å². The zero-order chi connectivity index (χ0) is 16.3. The van der Waals surface area contributed by atoms with Gasteiger partial charge < -0.3 is 0 Å². The van der Waals surface area contributed by atoms with E-state index in [1.54, 1.807) is 0 Å². The average Bonchev–Trinajstić information content (AvgIpc) is 2.35. The summed E-state index contributed by atoms with van der Waals surface area (Å²) in [7, 11) is 0. The summed E-state index contributed by atoms with van der Waals surface area (Å²) in [5, 5.41) is 0. The molecule has 0 aromatic carbocycles. The van der Waals surface area contributed by atoms with Crippen molar-refractivity contribution in [3.05, 3.63) is 0 Å². The van der Waals surface area contributed by atoms with E-state index in [1.807, 2.05) is 0 Å². The van der Waals surface area contributed by atoms with Crippen LogP contribution in [0.15, 0.2) is 0 Å². The molecule has 0 N–H and O–H groups in total. The van der Waals surface area contributed by atoms with Gasteiger partial charge in [-0.2, -0.15) is 35.1 Å². The summed E-state index contributed by atoms with van der Waals surface area (Å²) < 4.78 is 139. The molecule has 2 fully saturated rings. The van der Waals surface area contributed by atoms with Crippen molar-refractivity contribution in [2.24, 2.45) is 0 Å². The Hall–Kier alpha value is -0.840. The maximum Gasteiger partial charge on any atom is 0.321 e. The molecule has 0 aliphatic heterocycles. The second-order valence-electron chi connectivity index (χ2n) is 4.15. The Morgan fingerprint density at radius 2 is 0.450 bits per heavy atom. The third-order valence-corrected chi connectivity index (χ3v) is 2.70.